The van der Waals surface area contributed by atoms with Crippen LogP contribution in [0.25, 0.3) is 0 Å². The molecule has 0 aliphatic carbocycles. The molecule has 0 aliphatic rings. The summed E-state index contributed by atoms with van der Waals surface area (Å²) in [5.41, 5.74) is -0.978. The average molecular weight is 369 g/mol. The van der Waals surface area contributed by atoms with Gasteiger partial charge in [0.25, 0.3) is 5.91 Å². The molecule has 0 saturated heterocycles. The zero-order chi connectivity index (χ0) is 18.2. The van der Waals surface area contributed by atoms with Crippen LogP contribution in [0.15, 0.2) is 29.2 Å². The van der Waals surface area contributed by atoms with Gasteiger partial charge in [-0.1, -0.05) is 25.4 Å². The van der Waals surface area contributed by atoms with Crippen molar-refractivity contribution in [2.24, 2.45) is 5.92 Å². The van der Waals surface area contributed by atoms with E-state index in [-0.39, 0.29) is 18.9 Å². The lowest BCUT2D eigenvalue weighted by atomic mass is 9.90. The average Bonchev–Trinajstić information content (AvgIpc) is 2.54. The van der Waals surface area contributed by atoms with E-state index in [1.807, 2.05) is 26.0 Å². The molecule has 24 heavy (non-hydrogen) atoms. The summed E-state index contributed by atoms with van der Waals surface area (Å²) < 4.78 is 4.94. The molecule has 0 radical (unpaired) electrons. The number of benzene rings is 1. The Hall–Kier alpha value is -1.71. The number of nitrogens with zero attached hydrogens (tertiary/aromatic N) is 1. The van der Waals surface area contributed by atoms with E-state index in [1.165, 1.54) is 11.8 Å². The second kappa shape index (κ2) is 9.55. The Morgan fingerprint density at radius 3 is 2.54 bits per heavy atom. The molecule has 7 heteroatoms. The van der Waals surface area contributed by atoms with Crippen LogP contribution in [0.3, 0.4) is 0 Å². The summed E-state index contributed by atoms with van der Waals surface area (Å²) in [6.45, 7) is 4.93. The molecule has 1 atom stereocenters. The van der Waals surface area contributed by atoms with Crippen LogP contribution in [0.1, 0.15) is 27.2 Å². The minimum atomic E-state index is -0.978. The number of amides is 1. The van der Waals surface area contributed by atoms with Gasteiger partial charge in [-0.25, -0.2) is 0 Å². The number of rotatable bonds is 8. The van der Waals surface area contributed by atoms with Gasteiger partial charge in [-0.3, -0.25) is 9.59 Å². The number of carbonyl (C=O) groups excluding carboxylic acids is 2. The van der Waals surface area contributed by atoms with E-state index < -0.39 is 17.4 Å². The van der Waals surface area contributed by atoms with Gasteiger partial charge in [-0.2, -0.15) is 5.26 Å². The molecule has 0 spiro atoms. The maximum Gasteiger partial charge on any atom is 0.307 e. The lowest BCUT2D eigenvalue weighted by Gasteiger charge is -2.27. The van der Waals surface area contributed by atoms with E-state index in [0.717, 1.165) is 4.90 Å². The number of esters is 1. The van der Waals surface area contributed by atoms with Crippen molar-refractivity contribution in [2.45, 2.75) is 37.6 Å². The van der Waals surface area contributed by atoms with E-state index >= 15 is 0 Å². The number of ether oxygens (including phenoxy) is 1. The Bertz CT molecular complexity index is 613. The van der Waals surface area contributed by atoms with E-state index in [0.29, 0.717) is 10.8 Å². The largest absolute Gasteiger partial charge is 0.456 e. The van der Waals surface area contributed by atoms with Gasteiger partial charge in [0.2, 0.25) is 0 Å². The van der Waals surface area contributed by atoms with E-state index in [9.17, 15) is 9.59 Å². The molecular formula is C17H21ClN2O3S. The predicted octanol–water partition coefficient (Wildman–Crippen LogP) is 3.42. The quantitative estimate of drug-likeness (QED) is 0.561. The van der Waals surface area contributed by atoms with Crippen molar-refractivity contribution in [1.29, 1.82) is 5.26 Å². The second-order valence-electron chi connectivity index (χ2n) is 5.73. The molecular weight excluding hydrogens is 348 g/mol. The fourth-order valence-corrected chi connectivity index (χ4v) is 2.59. The number of nitrogens with one attached hydrogen (secondary N) is 1. The van der Waals surface area contributed by atoms with Crippen LogP contribution in [0.4, 0.5) is 0 Å². The Morgan fingerprint density at radius 1 is 1.38 bits per heavy atom. The highest BCUT2D eigenvalue weighted by molar-refractivity contribution is 7.99. The van der Waals surface area contributed by atoms with Gasteiger partial charge < -0.3 is 10.1 Å². The van der Waals surface area contributed by atoms with Crippen molar-refractivity contribution in [1.82, 2.24) is 5.32 Å². The minimum Gasteiger partial charge on any atom is -0.456 e. The zero-order valence-corrected chi connectivity index (χ0v) is 15.5. The van der Waals surface area contributed by atoms with Crippen molar-refractivity contribution in [3.05, 3.63) is 29.3 Å². The van der Waals surface area contributed by atoms with Crippen LogP contribution in [-0.2, 0) is 14.3 Å². The molecule has 0 aliphatic heterocycles. The third-order valence-electron chi connectivity index (χ3n) is 3.54. The smallest absolute Gasteiger partial charge is 0.307 e. The van der Waals surface area contributed by atoms with E-state index in [4.69, 9.17) is 21.6 Å². The highest BCUT2D eigenvalue weighted by atomic mass is 35.5. The molecule has 1 aromatic carbocycles. The van der Waals surface area contributed by atoms with Gasteiger partial charge in [0.1, 0.15) is 5.54 Å². The van der Waals surface area contributed by atoms with Crippen molar-refractivity contribution in [3.8, 4) is 6.07 Å². The molecule has 130 valence electrons. The summed E-state index contributed by atoms with van der Waals surface area (Å²) in [4.78, 5) is 24.5. The third kappa shape index (κ3) is 6.81. The highest BCUT2D eigenvalue weighted by Gasteiger charge is 2.30. The monoisotopic (exact) mass is 368 g/mol. The number of halogens is 1. The van der Waals surface area contributed by atoms with Gasteiger partial charge in [-0.15, -0.1) is 11.8 Å². The molecule has 1 N–H and O–H groups in total. The summed E-state index contributed by atoms with van der Waals surface area (Å²) in [5.74, 6) is -0.441. The third-order valence-corrected chi connectivity index (χ3v) is 4.80. The SMILES string of the molecule is CC(C)[C@](C)(C#N)NC(=O)COC(=O)CCSc1ccc(Cl)cc1. The Morgan fingerprint density at radius 2 is 2.00 bits per heavy atom. The van der Waals surface area contributed by atoms with Gasteiger partial charge in [-0.05, 0) is 37.1 Å². The van der Waals surface area contributed by atoms with Gasteiger partial charge in [0.15, 0.2) is 6.61 Å². The van der Waals surface area contributed by atoms with Crippen LogP contribution < -0.4 is 5.32 Å². The topological polar surface area (TPSA) is 79.2 Å². The molecule has 0 fully saturated rings. The number of hydrogen-bond donors (Lipinski definition) is 1. The normalized spacial score (nSPS) is 13.0. The summed E-state index contributed by atoms with van der Waals surface area (Å²) in [7, 11) is 0. The fourth-order valence-electron chi connectivity index (χ4n) is 1.63. The molecule has 0 heterocycles. The predicted molar refractivity (Wildman–Crippen MR) is 94.8 cm³/mol. The van der Waals surface area contributed by atoms with E-state index in [2.05, 4.69) is 11.4 Å². The molecule has 0 bridgehead atoms. The lowest BCUT2D eigenvalue weighted by Crippen LogP contribution is -2.50. The van der Waals surface area contributed by atoms with Crippen molar-refractivity contribution in [2.75, 3.05) is 12.4 Å². The fraction of sp³-hybridized carbons (Fsp3) is 0.471. The van der Waals surface area contributed by atoms with Crippen molar-refractivity contribution < 1.29 is 14.3 Å². The van der Waals surface area contributed by atoms with Crippen LogP contribution >= 0.6 is 23.4 Å². The minimum absolute atomic E-state index is 0.0575. The van der Waals surface area contributed by atoms with E-state index in [1.54, 1.807) is 19.1 Å². The Balaban J connectivity index is 2.29. The summed E-state index contributed by atoms with van der Waals surface area (Å²) in [6, 6.07) is 9.39. The first-order valence-electron chi connectivity index (χ1n) is 7.53. The maximum absolute atomic E-state index is 11.8. The van der Waals surface area contributed by atoms with Crippen molar-refractivity contribution >= 4 is 35.2 Å². The Labute approximate surface area is 151 Å². The van der Waals surface area contributed by atoms with Gasteiger partial charge in [0, 0.05) is 15.7 Å². The molecule has 1 aromatic rings. The molecule has 1 rings (SSSR count). The lowest BCUT2D eigenvalue weighted by molar-refractivity contribution is -0.148. The van der Waals surface area contributed by atoms with Gasteiger partial charge in [0.05, 0.1) is 12.5 Å². The number of hydrogen-bond acceptors (Lipinski definition) is 5. The molecule has 5 nitrogen and oxygen atoms in total. The number of nitriles is 1. The number of carbonyl (C=O) groups is 2. The molecule has 0 unspecified atom stereocenters. The molecule has 1 amide bonds. The first-order chi connectivity index (χ1) is 11.3. The molecule has 0 aromatic heterocycles. The Kier molecular flexibility index (Phi) is 8.09. The second-order valence-corrected chi connectivity index (χ2v) is 7.33. The zero-order valence-electron chi connectivity index (χ0n) is 14.0. The highest BCUT2D eigenvalue weighted by Crippen LogP contribution is 2.21. The van der Waals surface area contributed by atoms with Crippen LogP contribution in [0.5, 0.6) is 0 Å². The maximum atomic E-state index is 11.8. The van der Waals surface area contributed by atoms with Crippen LogP contribution in [0.2, 0.25) is 5.02 Å². The standard InChI is InChI=1S/C17H21ClN2O3S/c1-12(2)17(3,11-19)20-15(21)10-23-16(22)8-9-24-14-6-4-13(18)5-7-14/h4-7,12H,8-10H2,1-3H3,(H,20,21)/t17-/m0/s1. The number of thioether (sulfide) groups is 1. The molecule has 0 saturated carbocycles. The van der Waals surface area contributed by atoms with Gasteiger partial charge >= 0.3 is 5.97 Å². The van der Waals surface area contributed by atoms with Crippen molar-refractivity contribution in [3.63, 3.8) is 0 Å². The first kappa shape index (κ1) is 20.3. The first-order valence-corrected chi connectivity index (χ1v) is 8.89. The van der Waals surface area contributed by atoms with Crippen LogP contribution in [-0.4, -0.2) is 29.8 Å². The summed E-state index contributed by atoms with van der Waals surface area (Å²) in [6.07, 6.45) is 0.195. The van der Waals surface area contributed by atoms with Crippen LogP contribution in [0, 0.1) is 17.2 Å². The summed E-state index contributed by atoms with van der Waals surface area (Å²) >= 11 is 7.31. The summed E-state index contributed by atoms with van der Waals surface area (Å²) in [5, 5.41) is 12.4.